The molecule has 0 heterocycles. The van der Waals surface area contributed by atoms with Crippen LogP contribution in [0.5, 0.6) is 0 Å². The SMILES string of the molecule is CCCCC/C=C\C/C=C\CCCCCCCCCCCC(=O)OCCCCC/C=C\C/C=C\CCCCCCCCCC(=O)NC(CO)C(O)/C=C/CCCCCCCCCCCC. The van der Waals surface area contributed by atoms with Gasteiger partial charge in [0.1, 0.15) is 0 Å². The average Bonchev–Trinajstić information content (AvgIpc) is 3.31. The second-order valence-corrected chi connectivity index (χ2v) is 18.9. The Morgan fingerprint density at radius 2 is 0.769 bits per heavy atom. The summed E-state index contributed by atoms with van der Waals surface area (Å²) in [5.74, 6) is -0.108. The summed E-state index contributed by atoms with van der Waals surface area (Å²) in [6, 6.07) is -0.640. The van der Waals surface area contributed by atoms with Crippen molar-refractivity contribution < 1.29 is 24.5 Å². The lowest BCUT2D eigenvalue weighted by Gasteiger charge is -2.20. The number of ether oxygens (including phenoxy) is 1. The molecule has 0 aromatic heterocycles. The highest BCUT2D eigenvalue weighted by atomic mass is 16.5. The zero-order valence-corrected chi connectivity index (χ0v) is 43.0. The normalized spacial score (nSPS) is 13.1. The van der Waals surface area contributed by atoms with E-state index in [1.165, 1.54) is 161 Å². The molecule has 0 rings (SSSR count). The standard InChI is InChI=1S/C59H107NO5/c1-3-5-7-9-11-13-15-17-18-19-20-23-26-29-33-37-41-45-49-53-59(64)65-54-50-46-42-38-34-30-27-24-21-22-25-28-32-36-40-44-48-52-58(63)60-56(55-61)57(62)51-47-43-39-35-31-16-14-12-10-8-6-4-2/h11,13,17-18,21,24,30,34,47,51,56-57,61-62H,3-10,12,14-16,19-20,22-23,25-29,31-33,35-46,48-50,52-55H2,1-2H3,(H,60,63)/b13-11-,18-17-,24-21-,34-30-,51-47+. The molecule has 6 heteroatoms. The number of nitrogens with one attached hydrogen (secondary N) is 1. The summed E-state index contributed by atoms with van der Waals surface area (Å²) in [6.07, 6.45) is 69.5. The first-order valence-electron chi connectivity index (χ1n) is 28.1. The van der Waals surface area contributed by atoms with Crippen molar-refractivity contribution in [1.29, 1.82) is 0 Å². The van der Waals surface area contributed by atoms with Crippen molar-refractivity contribution >= 4 is 11.9 Å². The molecule has 0 bridgehead atoms. The highest BCUT2D eigenvalue weighted by Crippen LogP contribution is 2.15. The molecule has 0 saturated heterocycles. The monoisotopic (exact) mass is 910 g/mol. The van der Waals surface area contributed by atoms with Gasteiger partial charge in [-0.1, -0.05) is 222 Å². The molecule has 0 aromatic rings. The maximum Gasteiger partial charge on any atom is 0.305 e. The molecule has 65 heavy (non-hydrogen) atoms. The number of carbonyl (C=O) groups excluding carboxylic acids is 2. The van der Waals surface area contributed by atoms with Crippen molar-refractivity contribution in [3.63, 3.8) is 0 Å². The van der Waals surface area contributed by atoms with Gasteiger partial charge >= 0.3 is 5.97 Å². The lowest BCUT2D eigenvalue weighted by Crippen LogP contribution is -2.45. The van der Waals surface area contributed by atoms with E-state index in [1.807, 2.05) is 6.08 Å². The van der Waals surface area contributed by atoms with E-state index in [4.69, 9.17) is 4.74 Å². The van der Waals surface area contributed by atoms with E-state index in [1.54, 1.807) is 6.08 Å². The fourth-order valence-electron chi connectivity index (χ4n) is 8.16. The minimum atomic E-state index is -0.855. The summed E-state index contributed by atoms with van der Waals surface area (Å²) in [4.78, 5) is 24.5. The Kier molecular flexibility index (Phi) is 52.1. The molecule has 2 unspecified atom stereocenters. The van der Waals surface area contributed by atoms with Gasteiger partial charge in [-0.25, -0.2) is 0 Å². The number of esters is 1. The largest absolute Gasteiger partial charge is 0.466 e. The number of unbranched alkanes of at least 4 members (excludes halogenated alkanes) is 32. The Hall–Kier alpha value is -2.44. The molecule has 0 saturated carbocycles. The summed E-state index contributed by atoms with van der Waals surface area (Å²) in [6.45, 7) is 4.81. The van der Waals surface area contributed by atoms with Gasteiger partial charge in [0, 0.05) is 12.8 Å². The molecule has 0 aliphatic heterocycles. The van der Waals surface area contributed by atoms with Crippen LogP contribution < -0.4 is 5.32 Å². The highest BCUT2D eigenvalue weighted by molar-refractivity contribution is 5.76. The van der Waals surface area contributed by atoms with Gasteiger partial charge < -0.3 is 20.3 Å². The zero-order valence-electron chi connectivity index (χ0n) is 43.0. The number of hydrogen-bond donors (Lipinski definition) is 3. The van der Waals surface area contributed by atoms with Crippen LogP contribution >= 0.6 is 0 Å². The molecule has 2 atom stereocenters. The molecule has 0 aliphatic rings. The third kappa shape index (κ3) is 50.8. The fourth-order valence-corrected chi connectivity index (χ4v) is 8.16. The van der Waals surface area contributed by atoms with E-state index >= 15 is 0 Å². The third-order valence-electron chi connectivity index (χ3n) is 12.5. The van der Waals surface area contributed by atoms with Gasteiger partial charge in [-0.3, -0.25) is 9.59 Å². The van der Waals surface area contributed by atoms with Crippen molar-refractivity contribution in [2.75, 3.05) is 13.2 Å². The van der Waals surface area contributed by atoms with Crippen LogP contribution in [0, 0.1) is 0 Å². The van der Waals surface area contributed by atoms with Gasteiger partial charge in [0.25, 0.3) is 0 Å². The maximum absolute atomic E-state index is 12.4. The number of allylic oxidation sites excluding steroid dienone is 9. The quantitative estimate of drug-likeness (QED) is 0.0321. The van der Waals surface area contributed by atoms with Crippen molar-refractivity contribution in [2.24, 2.45) is 0 Å². The van der Waals surface area contributed by atoms with Gasteiger partial charge in [-0.15, -0.1) is 0 Å². The van der Waals surface area contributed by atoms with Crippen LogP contribution in [-0.2, 0) is 14.3 Å². The van der Waals surface area contributed by atoms with Crippen molar-refractivity contribution in [3.05, 3.63) is 60.8 Å². The Labute approximate surface area is 403 Å². The van der Waals surface area contributed by atoms with E-state index in [2.05, 4.69) is 67.8 Å². The number of aliphatic hydroxyl groups excluding tert-OH is 2. The summed E-state index contributed by atoms with van der Waals surface area (Å²) in [5.41, 5.74) is 0. The Bertz CT molecular complexity index is 1140. The summed E-state index contributed by atoms with van der Waals surface area (Å²) < 4.78 is 5.46. The smallest absolute Gasteiger partial charge is 0.305 e. The lowest BCUT2D eigenvalue weighted by atomic mass is 10.1. The van der Waals surface area contributed by atoms with Crippen molar-refractivity contribution in [3.8, 4) is 0 Å². The first kappa shape index (κ1) is 62.6. The van der Waals surface area contributed by atoms with Crippen LogP contribution in [0.1, 0.15) is 277 Å². The van der Waals surface area contributed by atoms with Crippen molar-refractivity contribution in [2.45, 2.75) is 289 Å². The number of aliphatic hydroxyl groups is 2. The second-order valence-electron chi connectivity index (χ2n) is 18.9. The topological polar surface area (TPSA) is 95.9 Å². The first-order chi connectivity index (χ1) is 32.0. The third-order valence-corrected chi connectivity index (χ3v) is 12.5. The number of rotatable bonds is 51. The van der Waals surface area contributed by atoms with Gasteiger partial charge in [0.05, 0.1) is 25.4 Å². The summed E-state index contributed by atoms with van der Waals surface area (Å²) in [7, 11) is 0. The molecule has 378 valence electrons. The average molecular weight is 911 g/mol. The highest BCUT2D eigenvalue weighted by Gasteiger charge is 2.18. The molecular formula is C59H107NO5. The number of hydrogen-bond acceptors (Lipinski definition) is 5. The predicted molar refractivity (Wildman–Crippen MR) is 282 cm³/mol. The van der Waals surface area contributed by atoms with Crippen LogP contribution in [0.2, 0.25) is 0 Å². The summed E-state index contributed by atoms with van der Waals surface area (Å²) in [5, 5.41) is 23.0. The van der Waals surface area contributed by atoms with Crippen LogP contribution in [0.3, 0.4) is 0 Å². The Morgan fingerprint density at radius 1 is 0.431 bits per heavy atom. The molecule has 6 nitrogen and oxygen atoms in total. The Morgan fingerprint density at radius 3 is 1.20 bits per heavy atom. The second kappa shape index (κ2) is 54.2. The Balaban J connectivity index is 3.51. The molecule has 0 radical (unpaired) electrons. The molecular weight excluding hydrogens is 803 g/mol. The minimum Gasteiger partial charge on any atom is -0.466 e. The van der Waals surface area contributed by atoms with E-state index in [0.717, 1.165) is 89.9 Å². The van der Waals surface area contributed by atoms with Crippen LogP contribution in [-0.4, -0.2) is 47.4 Å². The fraction of sp³-hybridized carbons (Fsp3) is 0.797. The zero-order chi connectivity index (χ0) is 47.2. The molecule has 0 aromatic carbocycles. The van der Waals surface area contributed by atoms with Gasteiger partial charge in [-0.05, 0) is 103 Å². The molecule has 0 aliphatic carbocycles. The molecule has 0 spiro atoms. The first-order valence-corrected chi connectivity index (χ1v) is 28.1. The number of carbonyl (C=O) groups is 2. The number of amides is 1. The molecule has 0 fully saturated rings. The maximum atomic E-state index is 12.4. The summed E-state index contributed by atoms with van der Waals surface area (Å²) >= 11 is 0. The van der Waals surface area contributed by atoms with E-state index in [-0.39, 0.29) is 18.5 Å². The van der Waals surface area contributed by atoms with E-state index in [0.29, 0.717) is 19.4 Å². The van der Waals surface area contributed by atoms with Crippen molar-refractivity contribution in [1.82, 2.24) is 5.32 Å². The van der Waals surface area contributed by atoms with Crippen LogP contribution in [0.4, 0.5) is 0 Å². The molecule has 3 N–H and O–H groups in total. The van der Waals surface area contributed by atoms with E-state index < -0.39 is 12.1 Å². The minimum absolute atomic E-state index is 0.0212. The predicted octanol–water partition coefficient (Wildman–Crippen LogP) is 17.2. The lowest BCUT2D eigenvalue weighted by molar-refractivity contribution is -0.143. The van der Waals surface area contributed by atoms with Crippen LogP contribution in [0.15, 0.2) is 60.8 Å². The van der Waals surface area contributed by atoms with Gasteiger partial charge in [-0.2, -0.15) is 0 Å². The van der Waals surface area contributed by atoms with Gasteiger partial charge in [0.2, 0.25) is 5.91 Å². The van der Waals surface area contributed by atoms with Crippen LogP contribution in [0.25, 0.3) is 0 Å². The van der Waals surface area contributed by atoms with E-state index in [9.17, 15) is 19.8 Å². The molecule has 1 amide bonds. The van der Waals surface area contributed by atoms with Gasteiger partial charge in [0.15, 0.2) is 0 Å².